The van der Waals surface area contributed by atoms with Gasteiger partial charge in [0.25, 0.3) is 0 Å². The summed E-state index contributed by atoms with van der Waals surface area (Å²) < 4.78 is 0. The van der Waals surface area contributed by atoms with Crippen molar-refractivity contribution in [3.63, 3.8) is 0 Å². The quantitative estimate of drug-likeness (QED) is 0.727. The molecular weight excluding hydrogens is 210 g/mol. The lowest BCUT2D eigenvalue weighted by Crippen LogP contribution is -2.49. The summed E-state index contributed by atoms with van der Waals surface area (Å²) in [6, 6.07) is 2.54. The van der Waals surface area contributed by atoms with E-state index in [1.165, 1.54) is 17.2 Å². The molecule has 1 saturated heterocycles. The molecule has 0 bridgehead atoms. The van der Waals surface area contributed by atoms with Crippen LogP contribution in [0.2, 0.25) is 0 Å². The van der Waals surface area contributed by atoms with E-state index in [0.717, 1.165) is 0 Å². The van der Waals surface area contributed by atoms with Crippen molar-refractivity contribution in [1.29, 1.82) is 0 Å². The predicted octanol–water partition coefficient (Wildman–Crippen LogP) is 0.340. The van der Waals surface area contributed by atoms with E-state index in [1.54, 1.807) is 6.07 Å². The molecule has 16 heavy (non-hydrogen) atoms. The number of rotatable bonds is 2. The second-order valence-corrected chi connectivity index (χ2v) is 3.32. The minimum atomic E-state index is -0.508. The topological polar surface area (TPSA) is 79.4 Å². The van der Waals surface area contributed by atoms with Crippen LogP contribution in [0.1, 0.15) is 16.8 Å². The molecule has 0 unspecified atom stereocenters. The minimum absolute atomic E-state index is 0.235. The number of pyridine rings is 1. The summed E-state index contributed by atoms with van der Waals surface area (Å²) in [4.78, 5) is 38.3. The summed E-state index contributed by atoms with van der Waals surface area (Å²) in [5, 5.41) is 2.19. The maximum atomic E-state index is 11.5. The maximum absolute atomic E-state index is 11.5. The minimum Gasteiger partial charge on any atom is -0.298 e. The summed E-state index contributed by atoms with van der Waals surface area (Å²) in [7, 11) is 0. The highest BCUT2D eigenvalue weighted by Crippen LogP contribution is 2.14. The summed E-state index contributed by atoms with van der Waals surface area (Å²) in [5.41, 5.74) is 0.440. The molecule has 2 heterocycles. The third kappa shape index (κ3) is 1.90. The number of urea groups is 1. The van der Waals surface area contributed by atoms with E-state index < -0.39 is 6.03 Å². The summed E-state index contributed by atoms with van der Waals surface area (Å²) >= 11 is 0. The Labute approximate surface area is 91.3 Å². The third-order valence-electron chi connectivity index (χ3n) is 2.24. The highest BCUT2D eigenvalue weighted by Gasteiger charge is 2.24. The second-order valence-electron chi connectivity index (χ2n) is 3.32. The van der Waals surface area contributed by atoms with E-state index in [9.17, 15) is 14.4 Å². The fraction of sp³-hybridized carbons (Fsp3) is 0.200. The van der Waals surface area contributed by atoms with Gasteiger partial charge in [-0.25, -0.2) is 9.78 Å². The van der Waals surface area contributed by atoms with Gasteiger partial charge in [-0.1, -0.05) is 0 Å². The fourth-order valence-electron chi connectivity index (χ4n) is 1.44. The number of amides is 3. The molecule has 0 atom stereocenters. The summed E-state index contributed by atoms with van der Waals surface area (Å²) in [6.07, 6.45) is 2.36. The Morgan fingerprint density at radius 2 is 2.25 bits per heavy atom. The SMILES string of the molecule is O=Cc1ccnc(N2CCC(=O)NC2=O)c1. The van der Waals surface area contributed by atoms with Crippen LogP contribution >= 0.6 is 0 Å². The first-order valence-electron chi connectivity index (χ1n) is 4.73. The van der Waals surface area contributed by atoms with Gasteiger partial charge in [0.15, 0.2) is 0 Å². The average Bonchev–Trinajstić information content (AvgIpc) is 2.29. The molecule has 0 spiro atoms. The summed E-state index contributed by atoms with van der Waals surface area (Å²) in [5.74, 6) is 0.0717. The second kappa shape index (κ2) is 4.09. The molecule has 1 fully saturated rings. The number of hydrogen-bond acceptors (Lipinski definition) is 4. The lowest BCUT2D eigenvalue weighted by atomic mass is 10.2. The van der Waals surface area contributed by atoms with Gasteiger partial charge in [0.1, 0.15) is 12.1 Å². The molecule has 1 N–H and O–H groups in total. The number of imide groups is 1. The van der Waals surface area contributed by atoms with E-state index in [0.29, 0.717) is 17.7 Å². The van der Waals surface area contributed by atoms with Crippen LogP contribution in [0.3, 0.4) is 0 Å². The molecule has 1 aromatic heterocycles. The molecule has 2 rings (SSSR count). The molecule has 0 radical (unpaired) electrons. The predicted molar refractivity (Wildman–Crippen MR) is 55.1 cm³/mol. The molecular formula is C10H9N3O3. The van der Waals surface area contributed by atoms with Gasteiger partial charge < -0.3 is 0 Å². The van der Waals surface area contributed by atoms with Crippen molar-refractivity contribution in [3.8, 4) is 0 Å². The maximum Gasteiger partial charge on any atom is 0.329 e. The van der Waals surface area contributed by atoms with Crippen molar-refractivity contribution < 1.29 is 14.4 Å². The van der Waals surface area contributed by atoms with Crippen LogP contribution < -0.4 is 10.2 Å². The number of hydrogen-bond donors (Lipinski definition) is 1. The Hall–Kier alpha value is -2.24. The number of carbonyl (C=O) groups is 3. The molecule has 6 heteroatoms. The molecule has 82 valence electrons. The Bertz CT molecular complexity index is 458. The van der Waals surface area contributed by atoms with Gasteiger partial charge in [0, 0.05) is 24.7 Å². The smallest absolute Gasteiger partial charge is 0.298 e. The Kier molecular flexibility index (Phi) is 2.63. The number of aldehydes is 1. The largest absolute Gasteiger partial charge is 0.329 e. The van der Waals surface area contributed by atoms with Gasteiger partial charge in [0.2, 0.25) is 5.91 Å². The number of nitrogens with one attached hydrogen (secondary N) is 1. The number of aromatic nitrogens is 1. The van der Waals surface area contributed by atoms with E-state index in [1.807, 2.05) is 0 Å². The zero-order valence-electron chi connectivity index (χ0n) is 8.34. The van der Waals surface area contributed by atoms with Gasteiger partial charge in [-0.05, 0) is 12.1 Å². The van der Waals surface area contributed by atoms with Crippen LogP contribution in [0.4, 0.5) is 10.6 Å². The van der Waals surface area contributed by atoms with Crippen LogP contribution in [0.5, 0.6) is 0 Å². The zero-order chi connectivity index (χ0) is 11.5. The highest BCUT2D eigenvalue weighted by molar-refractivity contribution is 6.05. The standard InChI is InChI=1S/C10H9N3O3/c14-6-7-1-3-11-8(5-7)13-4-2-9(15)12-10(13)16/h1,3,5-6H,2,4H2,(H,12,15,16). The molecule has 1 aromatic rings. The Morgan fingerprint density at radius 1 is 1.44 bits per heavy atom. The number of carbonyl (C=O) groups excluding carboxylic acids is 3. The van der Waals surface area contributed by atoms with Crippen molar-refractivity contribution in [2.45, 2.75) is 6.42 Å². The third-order valence-corrected chi connectivity index (χ3v) is 2.24. The van der Waals surface area contributed by atoms with Gasteiger partial charge in [0.05, 0.1) is 0 Å². The van der Waals surface area contributed by atoms with Crippen LogP contribution in [-0.4, -0.2) is 29.8 Å². The molecule has 6 nitrogen and oxygen atoms in total. The lowest BCUT2D eigenvalue weighted by molar-refractivity contribution is -0.120. The van der Waals surface area contributed by atoms with Crippen LogP contribution in [0.15, 0.2) is 18.3 Å². The monoisotopic (exact) mass is 219 g/mol. The zero-order valence-corrected chi connectivity index (χ0v) is 8.34. The van der Waals surface area contributed by atoms with Crippen molar-refractivity contribution >= 4 is 24.0 Å². The molecule has 0 aliphatic carbocycles. The molecule has 1 aliphatic heterocycles. The summed E-state index contributed by atoms with van der Waals surface area (Å²) in [6.45, 7) is 0.278. The lowest BCUT2D eigenvalue weighted by Gasteiger charge is -2.25. The van der Waals surface area contributed by atoms with E-state index in [4.69, 9.17) is 0 Å². The first-order chi connectivity index (χ1) is 7.70. The Morgan fingerprint density at radius 3 is 2.94 bits per heavy atom. The highest BCUT2D eigenvalue weighted by atomic mass is 16.2. The molecule has 3 amide bonds. The number of nitrogens with zero attached hydrogens (tertiary/aromatic N) is 2. The van der Waals surface area contributed by atoms with Crippen LogP contribution in [-0.2, 0) is 4.79 Å². The Balaban J connectivity index is 2.26. The molecule has 0 aromatic carbocycles. The fourth-order valence-corrected chi connectivity index (χ4v) is 1.44. The molecule has 0 saturated carbocycles. The average molecular weight is 219 g/mol. The van der Waals surface area contributed by atoms with E-state index >= 15 is 0 Å². The van der Waals surface area contributed by atoms with Crippen molar-refractivity contribution in [1.82, 2.24) is 10.3 Å². The van der Waals surface area contributed by atoms with Gasteiger partial charge >= 0.3 is 6.03 Å². The van der Waals surface area contributed by atoms with Gasteiger partial charge in [-0.15, -0.1) is 0 Å². The van der Waals surface area contributed by atoms with Crippen molar-refractivity contribution in [2.75, 3.05) is 11.4 Å². The van der Waals surface area contributed by atoms with Gasteiger partial charge in [-0.2, -0.15) is 0 Å². The van der Waals surface area contributed by atoms with Crippen LogP contribution in [0, 0.1) is 0 Å². The first-order valence-corrected chi connectivity index (χ1v) is 4.73. The van der Waals surface area contributed by atoms with Crippen molar-refractivity contribution in [2.24, 2.45) is 0 Å². The number of anilines is 1. The van der Waals surface area contributed by atoms with E-state index in [-0.39, 0.29) is 18.9 Å². The van der Waals surface area contributed by atoms with E-state index in [2.05, 4.69) is 10.3 Å². The van der Waals surface area contributed by atoms with Gasteiger partial charge in [-0.3, -0.25) is 19.8 Å². The van der Waals surface area contributed by atoms with Crippen molar-refractivity contribution in [3.05, 3.63) is 23.9 Å². The first kappa shape index (κ1) is 10.3. The normalized spacial score (nSPS) is 15.9. The van der Waals surface area contributed by atoms with Crippen LogP contribution in [0.25, 0.3) is 0 Å². The molecule has 1 aliphatic rings.